The number of pyridine rings is 1. The summed E-state index contributed by atoms with van der Waals surface area (Å²) in [5, 5.41) is 0.270. The Morgan fingerprint density at radius 1 is 0.902 bits per heavy atom. The highest BCUT2D eigenvalue weighted by Crippen LogP contribution is 2.38. The number of fused-ring (bicyclic) bond motifs is 1. The van der Waals surface area contributed by atoms with Gasteiger partial charge in [0.05, 0.1) is 24.7 Å². The summed E-state index contributed by atoms with van der Waals surface area (Å²) in [6, 6.07) is 23.2. The molecule has 0 amide bonds. The lowest BCUT2D eigenvalue weighted by molar-refractivity contribution is -0.121. The zero-order valence-corrected chi connectivity index (χ0v) is 29.2. The number of hydrogen-bond acceptors (Lipinski definition) is 8. The average Bonchev–Trinajstić information content (AvgIpc) is 3.50. The molecule has 0 unspecified atom stereocenters. The zero-order valence-electron chi connectivity index (χ0n) is 28.4. The summed E-state index contributed by atoms with van der Waals surface area (Å²) in [6.45, 7) is 0.495. The molecule has 6 rings (SSSR count). The smallest absolute Gasteiger partial charge is 0.337 e. The van der Waals surface area contributed by atoms with Crippen LogP contribution in [-0.4, -0.2) is 59.2 Å². The van der Waals surface area contributed by atoms with E-state index in [9.17, 15) is 14.4 Å². The number of halogens is 2. The SMILES string of the molecule is COCC(=O)Cc1ccc(-c2sc3c(c2CN(C)CCc2ccccn2)c(=O)n(-c2ccc(OC)cc2)c(=O)n3Cc2c(F)cccc2F)cc1. The first-order valence-electron chi connectivity index (χ1n) is 16.3. The van der Waals surface area contributed by atoms with Gasteiger partial charge in [0.15, 0.2) is 5.78 Å². The normalized spacial score (nSPS) is 11.4. The summed E-state index contributed by atoms with van der Waals surface area (Å²) >= 11 is 1.22. The Bertz CT molecular complexity index is 2260. The maximum Gasteiger partial charge on any atom is 0.337 e. The minimum atomic E-state index is -0.804. The molecule has 3 aromatic heterocycles. The van der Waals surface area contributed by atoms with E-state index >= 15 is 8.78 Å². The lowest BCUT2D eigenvalue weighted by Crippen LogP contribution is -2.39. The topological polar surface area (TPSA) is 95.7 Å². The van der Waals surface area contributed by atoms with Crippen molar-refractivity contribution in [3.05, 3.63) is 146 Å². The lowest BCUT2D eigenvalue weighted by atomic mass is 10.0. The molecule has 9 nitrogen and oxygen atoms in total. The first-order chi connectivity index (χ1) is 24.7. The summed E-state index contributed by atoms with van der Waals surface area (Å²) in [5.74, 6) is -1.14. The molecule has 0 aliphatic rings. The van der Waals surface area contributed by atoms with Crippen LogP contribution in [-0.2, 0) is 35.5 Å². The minimum Gasteiger partial charge on any atom is -0.497 e. The van der Waals surface area contributed by atoms with Crippen LogP contribution in [0.15, 0.2) is 101 Å². The van der Waals surface area contributed by atoms with E-state index in [1.807, 2.05) is 49.5 Å². The second-order valence-electron chi connectivity index (χ2n) is 12.2. The molecule has 0 N–H and O–H groups in total. The van der Waals surface area contributed by atoms with Gasteiger partial charge in [-0.25, -0.2) is 18.1 Å². The van der Waals surface area contributed by atoms with E-state index in [2.05, 4.69) is 9.88 Å². The van der Waals surface area contributed by atoms with E-state index < -0.39 is 29.4 Å². The highest BCUT2D eigenvalue weighted by atomic mass is 32.1. The predicted octanol–water partition coefficient (Wildman–Crippen LogP) is 6.04. The van der Waals surface area contributed by atoms with Crippen LogP contribution >= 0.6 is 11.3 Å². The van der Waals surface area contributed by atoms with Crippen LogP contribution in [0.2, 0.25) is 0 Å². The summed E-state index contributed by atoms with van der Waals surface area (Å²) < 4.78 is 42.8. The van der Waals surface area contributed by atoms with Crippen molar-refractivity contribution in [1.82, 2.24) is 19.0 Å². The summed E-state index contributed by atoms with van der Waals surface area (Å²) in [5.41, 5.74) is 1.83. The van der Waals surface area contributed by atoms with E-state index in [1.54, 1.807) is 30.5 Å². The first kappa shape index (κ1) is 35.5. The van der Waals surface area contributed by atoms with Crippen molar-refractivity contribution in [3.8, 4) is 21.9 Å². The van der Waals surface area contributed by atoms with E-state index in [0.717, 1.165) is 38.4 Å². The van der Waals surface area contributed by atoms with Crippen molar-refractivity contribution in [2.45, 2.75) is 25.9 Å². The molecular formula is C39H36F2N4O5S. The fraction of sp³-hybridized carbons (Fsp3) is 0.231. The van der Waals surface area contributed by atoms with Crippen molar-refractivity contribution in [2.75, 3.05) is 34.4 Å². The Morgan fingerprint density at radius 3 is 2.27 bits per heavy atom. The molecule has 0 saturated heterocycles. The highest BCUT2D eigenvalue weighted by Gasteiger charge is 2.26. The van der Waals surface area contributed by atoms with E-state index in [4.69, 9.17) is 9.47 Å². The third kappa shape index (κ3) is 7.73. The number of carbonyl (C=O) groups excluding carboxylic acids is 1. The van der Waals surface area contributed by atoms with Crippen LogP contribution in [0.4, 0.5) is 8.78 Å². The predicted molar refractivity (Wildman–Crippen MR) is 194 cm³/mol. The molecule has 0 aliphatic heterocycles. The Labute approximate surface area is 297 Å². The number of ether oxygens (including phenoxy) is 2. The van der Waals surface area contributed by atoms with Crippen molar-refractivity contribution in [1.29, 1.82) is 0 Å². The Balaban J connectivity index is 1.56. The molecule has 0 aliphatic carbocycles. The van der Waals surface area contributed by atoms with Gasteiger partial charge in [-0.2, -0.15) is 0 Å². The summed E-state index contributed by atoms with van der Waals surface area (Å²) in [6.07, 6.45) is 2.60. The molecule has 51 heavy (non-hydrogen) atoms. The zero-order chi connectivity index (χ0) is 36.1. The third-order valence-electron chi connectivity index (χ3n) is 8.61. The molecule has 262 valence electrons. The summed E-state index contributed by atoms with van der Waals surface area (Å²) in [4.78, 5) is 48.7. The monoisotopic (exact) mass is 710 g/mol. The van der Waals surface area contributed by atoms with Crippen LogP contribution in [0.1, 0.15) is 22.4 Å². The number of thiophene rings is 1. The van der Waals surface area contributed by atoms with E-state index in [-0.39, 0.29) is 35.4 Å². The van der Waals surface area contributed by atoms with Gasteiger partial charge in [-0.3, -0.25) is 19.1 Å². The summed E-state index contributed by atoms with van der Waals surface area (Å²) in [7, 11) is 4.92. The number of benzene rings is 3. The largest absolute Gasteiger partial charge is 0.497 e. The lowest BCUT2D eigenvalue weighted by Gasteiger charge is -2.18. The van der Waals surface area contributed by atoms with Crippen LogP contribution in [0.25, 0.3) is 26.3 Å². The van der Waals surface area contributed by atoms with Crippen molar-refractivity contribution < 1.29 is 23.0 Å². The number of Topliss-reactive ketones (excluding diaryl/α,β-unsaturated/α-hetero) is 1. The van der Waals surface area contributed by atoms with Gasteiger partial charge in [-0.05, 0) is 72.3 Å². The molecule has 0 atom stereocenters. The number of aromatic nitrogens is 3. The molecule has 3 heterocycles. The number of nitrogens with zero attached hydrogens (tertiary/aromatic N) is 4. The first-order valence-corrected chi connectivity index (χ1v) is 17.1. The molecule has 0 spiro atoms. The molecule has 0 radical (unpaired) electrons. The number of carbonyl (C=O) groups is 1. The molecule has 12 heteroatoms. The average molecular weight is 711 g/mol. The molecule has 6 aromatic rings. The number of methoxy groups -OCH3 is 2. The van der Waals surface area contributed by atoms with Gasteiger partial charge >= 0.3 is 5.69 Å². The maximum absolute atomic E-state index is 15.1. The van der Waals surface area contributed by atoms with Crippen molar-refractivity contribution in [3.63, 3.8) is 0 Å². The van der Waals surface area contributed by atoms with Gasteiger partial charge in [0, 0.05) is 55.4 Å². The van der Waals surface area contributed by atoms with E-state index in [1.165, 1.54) is 36.2 Å². The Hall–Kier alpha value is -5.30. The highest BCUT2D eigenvalue weighted by molar-refractivity contribution is 7.22. The number of ketones is 1. The number of likely N-dealkylation sites (N-methyl/N-ethyl adjacent to an activating group) is 1. The molecule has 3 aromatic carbocycles. The van der Waals surface area contributed by atoms with Gasteiger partial charge in [0.1, 0.15) is 28.8 Å². The van der Waals surface area contributed by atoms with Crippen molar-refractivity contribution >= 4 is 27.3 Å². The second kappa shape index (κ2) is 15.7. The van der Waals surface area contributed by atoms with Gasteiger partial charge in [0.25, 0.3) is 5.56 Å². The standard InChI is InChI=1S/C39H36F2N4O5S/c1-43(20-18-27-7-4-5-19-42-27)22-32-35-37(47)45(28-14-16-30(50-3)17-15-28)39(48)44(23-31-33(40)8-6-9-34(31)41)38(35)51-36(32)26-12-10-25(11-13-26)21-29(46)24-49-2/h4-17,19H,18,20-24H2,1-3H3. The van der Waals surface area contributed by atoms with E-state index in [0.29, 0.717) is 35.7 Å². The fourth-order valence-corrected chi connectivity index (χ4v) is 7.31. The third-order valence-corrected chi connectivity index (χ3v) is 9.91. The molecule has 0 fully saturated rings. The van der Waals surface area contributed by atoms with Crippen LogP contribution < -0.4 is 16.0 Å². The Kier molecular flexibility index (Phi) is 10.9. The molecular weight excluding hydrogens is 675 g/mol. The van der Waals surface area contributed by atoms with Gasteiger partial charge in [-0.15, -0.1) is 11.3 Å². The fourth-order valence-electron chi connectivity index (χ4n) is 6.01. The number of hydrogen-bond donors (Lipinski definition) is 0. The van der Waals surface area contributed by atoms with Crippen molar-refractivity contribution in [2.24, 2.45) is 0 Å². The maximum atomic E-state index is 15.1. The van der Waals surface area contributed by atoms with Gasteiger partial charge in [0.2, 0.25) is 0 Å². The Morgan fingerprint density at radius 2 is 1.63 bits per heavy atom. The minimum absolute atomic E-state index is 0.00759. The molecule has 0 saturated carbocycles. The number of rotatable bonds is 14. The van der Waals surface area contributed by atoms with Gasteiger partial charge < -0.3 is 14.4 Å². The second-order valence-corrected chi connectivity index (χ2v) is 13.2. The van der Waals surface area contributed by atoms with Crippen LogP contribution in [0.5, 0.6) is 5.75 Å². The van der Waals surface area contributed by atoms with Gasteiger partial charge in [-0.1, -0.05) is 36.4 Å². The van der Waals surface area contributed by atoms with Crippen LogP contribution in [0, 0.1) is 11.6 Å². The molecule has 0 bridgehead atoms. The quantitative estimate of drug-likeness (QED) is 0.136. The van der Waals surface area contributed by atoms with Crippen LogP contribution in [0.3, 0.4) is 0 Å².